The number of hydrogen-bond donors (Lipinski definition) is 1. The van der Waals surface area contributed by atoms with Crippen LogP contribution in [0.1, 0.15) is 39.0 Å². The molecule has 0 radical (unpaired) electrons. The molecule has 0 aromatic heterocycles. The van der Waals surface area contributed by atoms with Crippen LogP contribution in [0.5, 0.6) is 0 Å². The molecule has 6 heteroatoms. The molecular weight excluding hydrogens is 320 g/mol. The third-order valence-electron chi connectivity index (χ3n) is 5.40. The Morgan fingerprint density at radius 1 is 1.28 bits per heavy atom. The number of nitrogens with one attached hydrogen (secondary N) is 1. The molecule has 0 bridgehead atoms. The summed E-state index contributed by atoms with van der Waals surface area (Å²) in [5.41, 5.74) is 1.02. The van der Waals surface area contributed by atoms with Gasteiger partial charge in [0.05, 0.1) is 6.61 Å². The maximum absolute atomic E-state index is 12.7. The minimum Gasteiger partial charge on any atom is -0.464 e. The van der Waals surface area contributed by atoms with Crippen LogP contribution in [0.3, 0.4) is 0 Å². The van der Waals surface area contributed by atoms with Crippen LogP contribution in [0.2, 0.25) is 0 Å². The van der Waals surface area contributed by atoms with Crippen LogP contribution >= 0.6 is 0 Å². The van der Waals surface area contributed by atoms with Gasteiger partial charge in [0, 0.05) is 6.54 Å². The number of amides is 1. The van der Waals surface area contributed by atoms with E-state index in [1.54, 1.807) is 11.8 Å². The molecule has 1 spiro atoms. The number of hydrogen-bond acceptors (Lipinski definition) is 5. The summed E-state index contributed by atoms with van der Waals surface area (Å²) in [6.07, 6.45) is 10.4. The lowest BCUT2D eigenvalue weighted by Crippen LogP contribution is -2.42. The van der Waals surface area contributed by atoms with Gasteiger partial charge >= 0.3 is 12.1 Å². The third kappa shape index (κ3) is 4.24. The predicted octanol–water partition coefficient (Wildman–Crippen LogP) is 2.41. The summed E-state index contributed by atoms with van der Waals surface area (Å²) in [5.74, 6) is -0.313. The number of allylic oxidation sites excluding steroid dienone is 2. The van der Waals surface area contributed by atoms with E-state index in [1.165, 1.54) is 0 Å². The third-order valence-corrected chi connectivity index (χ3v) is 5.40. The van der Waals surface area contributed by atoms with E-state index in [0.717, 1.165) is 44.3 Å². The van der Waals surface area contributed by atoms with Crippen LogP contribution in [-0.2, 0) is 14.3 Å². The maximum atomic E-state index is 12.7. The van der Waals surface area contributed by atoms with Crippen LogP contribution in [0.25, 0.3) is 0 Å². The van der Waals surface area contributed by atoms with Crippen molar-refractivity contribution in [1.29, 1.82) is 0 Å². The normalized spacial score (nSPS) is 24.9. The van der Waals surface area contributed by atoms with E-state index in [1.807, 2.05) is 6.08 Å². The Kier molecular flexibility index (Phi) is 5.78. The molecule has 2 fully saturated rings. The lowest BCUT2D eigenvalue weighted by molar-refractivity contribution is -0.148. The summed E-state index contributed by atoms with van der Waals surface area (Å²) in [6, 6.07) is -0.526. The molecule has 0 aromatic carbocycles. The average Bonchev–Trinajstić information content (AvgIpc) is 3.00. The highest BCUT2D eigenvalue weighted by Gasteiger charge is 2.50. The summed E-state index contributed by atoms with van der Waals surface area (Å²) >= 11 is 0. The van der Waals surface area contributed by atoms with Gasteiger partial charge in [0.15, 0.2) is 0 Å². The summed E-state index contributed by atoms with van der Waals surface area (Å²) in [7, 11) is 0. The summed E-state index contributed by atoms with van der Waals surface area (Å²) in [5, 5.41) is 3.35. The van der Waals surface area contributed by atoms with Crippen LogP contribution < -0.4 is 5.32 Å². The highest BCUT2D eigenvalue weighted by Crippen LogP contribution is 2.42. The topological polar surface area (TPSA) is 67.9 Å². The second kappa shape index (κ2) is 8.04. The van der Waals surface area contributed by atoms with Gasteiger partial charge in [-0.05, 0) is 63.1 Å². The number of carbonyl (C=O) groups excluding carboxylic acids is 2. The van der Waals surface area contributed by atoms with Crippen molar-refractivity contribution in [3.8, 4) is 0 Å². The second-order valence-corrected chi connectivity index (χ2v) is 7.16. The van der Waals surface area contributed by atoms with E-state index < -0.39 is 12.1 Å². The standard InChI is InChI=1S/C19H28N2O4/c1-2-24-17(22)16-12-19(8-10-20-11-9-19)14-21(16)18(23)25-13-15-6-4-3-5-7-15/h4,6-7,16,20H,2-3,5,8-14H2,1H3/t16-/m0/s1. The van der Waals surface area contributed by atoms with Crippen LogP contribution in [0.4, 0.5) is 4.79 Å². The smallest absolute Gasteiger partial charge is 0.410 e. The highest BCUT2D eigenvalue weighted by atomic mass is 16.6. The van der Waals surface area contributed by atoms with Gasteiger partial charge in [0.25, 0.3) is 0 Å². The van der Waals surface area contributed by atoms with Gasteiger partial charge in [-0.1, -0.05) is 18.2 Å². The largest absolute Gasteiger partial charge is 0.464 e. The van der Waals surface area contributed by atoms with Crippen LogP contribution in [0.15, 0.2) is 23.8 Å². The van der Waals surface area contributed by atoms with E-state index in [2.05, 4.69) is 17.5 Å². The Bertz CT molecular complexity index is 564. The minimum atomic E-state index is -0.526. The van der Waals surface area contributed by atoms with Crippen molar-refractivity contribution in [3.05, 3.63) is 23.8 Å². The van der Waals surface area contributed by atoms with Gasteiger partial charge in [-0.25, -0.2) is 9.59 Å². The molecule has 3 aliphatic rings. The number of carbonyl (C=O) groups is 2. The van der Waals surface area contributed by atoms with Crippen molar-refractivity contribution >= 4 is 12.1 Å². The van der Waals surface area contributed by atoms with Crippen molar-refractivity contribution < 1.29 is 19.1 Å². The molecule has 2 heterocycles. The van der Waals surface area contributed by atoms with Gasteiger partial charge in [0.1, 0.15) is 12.6 Å². The first kappa shape index (κ1) is 18.0. The molecule has 1 amide bonds. The number of rotatable bonds is 4. The molecule has 0 saturated carbocycles. The lowest BCUT2D eigenvalue weighted by Gasteiger charge is -2.33. The zero-order valence-corrected chi connectivity index (χ0v) is 15.0. The van der Waals surface area contributed by atoms with Crippen molar-refractivity contribution in [2.45, 2.75) is 45.1 Å². The Morgan fingerprint density at radius 2 is 2.08 bits per heavy atom. The Labute approximate surface area is 149 Å². The van der Waals surface area contributed by atoms with E-state index >= 15 is 0 Å². The highest BCUT2D eigenvalue weighted by molar-refractivity contribution is 5.82. The van der Waals surface area contributed by atoms with Gasteiger partial charge in [0.2, 0.25) is 0 Å². The zero-order chi connectivity index (χ0) is 17.7. The first-order valence-electron chi connectivity index (χ1n) is 9.30. The lowest BCUT2D eigenvalue weighted by atomic mass is 9.77. The Morgan fingerprint density at radius 3 is 2.76 bits per heavy atom. The molecule has 2 aliphatic heterocycles. The molecule has 3 rings (SSSR count). The number of ether oxygens (including phenoxy) is 2. The SMILES string of the molecule is CCOC(=O)[C@@H]1CC2(CCNCC2)CN1C(=O)OCC1=CCCC=C1. The first-order chi connectivity index (χ1) is 12.1. The van der Waals surface area contributed by atoms with E-state index in [9.17, 15) is 9.59 Å². The number of piperidine rings is 1. The fraction of sp³-hybridized carbons (Fsp3) is 0.684. The molecule has 0 aromatic rings. The van der Waals surface area contributed by atoms with Crippen molar-refractivity contribution in [2.75, 3.05) is 32.8 Å². The molecule has 0 unspecified atom stereocenters. The summed E-state index contributed by atoms with van der Waals surface area (Å²) in [4.78, 5) is 26.6. The van der Waals surface area contributed by atoms with Gasteiger partial charge < -0.3 is 14.8 Å². The molecule has 1 aliphatic carbocycles. The quantitative estimate of drug-likeness (QED) is 0.790. The number of likely N-dealkylation sites (tertiary alicyclic amines) is 1. The predicted molar refractivity (Wildman–Crippen MR) is 94.1 cm³/mol. The zero-order valence-electron chi connectivity index (χ0n) is 15.0. The van der Waals surface area contributed by atoms with Crippen molar-refractivity contribution in [3.63, 3.8) is 0 Å². The summed E-state index contributed by atoms with van der Waals surface area (Å²) < 4.78 is 10.7. The minimum absolute atomic E-state index is 0.00566. The average molecular weight is 348 g/mol. The van der Waals surface area contributed by atoms with Crippen molar-refractivity contribution in [2.24, 2.45) is 5.41 Å². The van der Waals surface area contributed by atoms with Crippen molar-refractivity contribution in [1.82, 2.24) is 10.2 Å². The monoisotopic (exact) mass is 348 g/mol. The Balaban J connectivity index is 1.66. The molecule has 6 nitrogen and oxygen atoms in total. The van der Waals surface area contributed by atoms with Crippen LogP contribution in [-0.4, -0.2) is 55.9 Å². The number of esters is 1. The van der Waals surface area contributed by atoms with Crippen LogP contribution in [0, 0.1) is 5.41 Å². The van der Waals surface area contributed by atoms with Gasteiger partial charge in [-0.3, -0.25) is 4.90 Å². The fourth-order valence-corrected chi connectivity index (χ4v) is 4.02. The second-order valence-electron chi connectivity index (χ2n) is 7.16. The first-order valence-corrected chi connectivity index (χ1v) is 9.30. The Hall–Kier alpha value is -1.82. The molecule has 2 saturated heterocycles. The molecule has 138 valence electrons. The molecule has 1 atom stereocenters. The number of nitrogens with zero attached hydrogens (tertiary/aromatic N) is 1. The molecule has 25 heavy (non-hydrogen) atoms. The van der Waals surface area contributed by atoms with E-state index in [0.29, 0.717) is 19.6 Å². The van der Waals surface area contributed by atoms with Gasteiger partial charge in [-0.15, -0.1) is 0 Å². The fourth-order valence-electron chi connectivity index (χ4n) is 4.02. The van der Waals surface area contributed by atoms with E-state index in [4.69, 9.17) is 9.47 Å². The summed E-state index contributed by atoms with van der Waals surface area (Å²) in [6.45, 7) is 4.80. The molecular formula is C19H28N2O4. The van der Waals surface area contributed by atoms with Gasteiger partial charge in [-0.2, -0.15) is 0 Å². The maximum Gasteiger partial charge on any atom is 0.410 e. The van der Waals surface area contributed by atoms with E-state index in [-0.39, 0.29) is 18.0 Å². The molecule has 1 N–H and O–H groups in total.